The minimum Gasteiger partial charge on any atom is -0.363 e. The lowest BCUT2D eigenvalue weighted by Gasteiger charge is -2.33. The van der Waals surface area contributed by atoms with Crippen LogP contribution in [0.4, 0.5) is 5.00 Å². The summed E-state index contributed by atoms with van der Waals surface area (Å²) in [5, 5.41) is 10.7. The van der Waals surface area contributed by atoms with Crippen molar-refractivity contribution in [3.05, 3.63) is 17.5 Å². The molecule has 0 radical (unpaired) electrons. The van der Waals surface area contributed by atoms with Gasteiger partial charge in [-0.2, -0.15) is 0 Å². The van der Waals surface area contributed by atoms with Crippen LogP contribution >= 0.6 is 35.3 Å². The lowest BCUT2D eigenvalue weighted by molar-refractivity contribution is 0.458. The van der Waals surface area contributed by atoms with E-state index in [2.05, 4.69) is 38.0 Å². The predicted octanol–water partition coefficient (Wildman–Crippen LogP) is 4.47. The van der Waals surface area contributed by atoms with Gasteiger partial charge in [0.2, 0.25) is 0 Å². The highest BCUT2D eigenvalue weighted by Crippen LogP contribution is 2.28. The Morgan fingerprint density at radius 2 is 2.00 bits per heavy atom. The second-order valence-electron chi connectivity index (χ2n) is 7.15. The number of nitrogens with zero attached hydrogens (tertiary/aromatic N) is 2. The van der Waals surface area contributed by atoms with E-state index < -0.39 is 0 Å². The molecule has 142 valence electrons. The summed E-state index contributed by atoms with van der Waals surface area (Å²) in [6.07, 6.45) is 10.8. The van der Waals surface area contributed by atoms with Crippen molar-refractivity contribution in [3.63, 3.8) is 0 Å². The average Bonchev–Trinajstić information content (AvgIpc) is 3.31. The van der Waals surface area contributed by atoms with Crippen molar-refractivity contribution in [1.82, 2.24) is 10.6 Å². The fourth-order valence-electron chi connectivity index (χ4n) is 3.98. The third-order valence-electron chi connectivity index (χ3n) is 5.43. The van der Waals surface area contributed by atoms with E-state index in [-0.39, 0.29) is 24.0 Å². The maximum Gasteiger partial charge on any atom is 0.191 e. The summed E-state index contributed by atoms with van der Waals surface area (Å²) in [7, 11) is 1.88. The Kier molecular flexibility index (Phi) is 9.37. The molecule has 0 unspecified atom stereocenters. The van der Waals surface area contributed by atoms with Gasteiger partial charge in [0.15, 0.2) is 5.96 Å². The van der Waals surface area contributed by atoms with Gasteiger partial charge in [-0.25, -0.2) is 0 Å². The number of aliphatic imine (C=N–C) groups is 1. The molecule has 1 saturated carbocycles. The number of rotatable bonds is 6. The van der Waals surface area contributed by atoms with Gasteiger partial charge in [0, 0.05) is 32.7 Å². The minimum absolute atomic E-state index is 0. The summed E-state index contributed by atoms with van der Waals surface area (Å²) in [6.45, 7) is 3.32. The monoisotopic (exact) mass is 476 g/mol. The minimum atomic E-state index is 0. The summed E-state index contributed by atoms with van der Waals surface area (Å²) < 4.78 is 0. The third-order valence-corrected chi connectivity index (χ3v) is 6.36. The summed E-state index contributed by atoms with van der Waals surface area (Å²) in [5.41, 5.74) is 0. The normalized spacial score (nSPS) is 19.7. The molecule has 1 aliphatic heterocycles. The molecule has 0 spiro atoms. The van der Waals surface area contributed by atoms with Crippen molar-refractivity contribution in [1.29, 1.82) is 0 Å². The Labute approximate surface area is 173 Å². The van der Waals surface area contributed by atoms with Crippen LogP contribution in [0.3, 0.4) is 0 Å². The van der Waals surface area contributed by atoms with E-state index in [9.17, 15) is 0 Å². The number of guanidine groups is 1. The van der Waals surface area contributed by atoms with Gasteiger partial charge < -0.3 is 15.5 Å². The molecular weight excluding hydrogens is 443 g/mol. The number of nitrogens with one attached hydrogen (secondary N) is 2. The van der Waals surface area contributed by atoms with Crippen LogP contribution in [0.5, 0.6) is 0 Å². The van der Waals surface area contributed by atoms with Crippen LogP contribution in [0.1, 0.15) is 51.4 Å². The molecule has 1 aromatic heterocycles. The fourth-order valence-corrected chi connectivity index (χ4v) is 4.76. The second-order valence-corrected chi connectivity index (χ2v) is 8.07. The first-order chi connectivity index (χ1) is 11.8. The molecular formula is C19H33IN4S. The lowest BCUT2D eigenvalue weighted by atomic mass is 10.0. The highest BCUT2D eigenvalue weighted by Gasteiger charge is 2.20. The molecule has 2 aliphatic rings. The quantitative estimate of drug-likeness (QED) is 0.276. The number of anilines is 1. The van der Waals surface area contributed by atoms with Gasteiger partial charge in [0.25, 0.3) is 0 Å². The smallest absolute Gasteiger partial charge is 0.191 e. The lowest BCUT2D eigenvalue weighted by Crippen LogP contribution is -2.48. The van der Waals surface area contributed by atoms with E-state index in [4.69, 9.17) is 0 Å². The Balaban J connectivity index is 0.00000225. The van der Waals surface area contributed by atoms with Crippen LogP contribution in [0.15, 0.2) is 22.5 Å². The molecule has 1 saturated heterocycles. The molecule has 3 rings (SSSR count). The van der Waals surface area contributed by atoms with Crippen LogP contribution in [0.25, 0.3) is 0 Å². The van der Waals surface area contributed by atoms with Gasteiger partial charge in [-0.3, -0.25) is 4.99 Å². The SMILES string of the molecule is CN=C(NCCCC1CCCC1)NC1CCN(c2cccs2)CC1.I. The van der Waals surface area contributed by atoms with E-state index in [1.807, 2.05) is 18.4 Å². The number of piperidine rings is 1. The molecule has 2 heterocycles. The Bertz CT molecular complexity index is 492. The van der Waals surface area contributed by atoms with Gasteiger partial charge in [0.1, 0.15) is 0 Å². The predicted molar refractivity (Wildman–Crippen MR) is 121 cm³/mol. The Morgan fingerprint density at radius 3 is 2.64 bits per heavy atom. The highest BCUT2D eigenvalue weighted by atomic mass is 127. The maximum absolute atomic E-state index is 4.40. The van der Waals surface area contributed by atoms with E-state index in [1.54, 1.807) is 0 Å². The zero-order valence-corrected chi connectivity index (χ0v) is 18.5. The third kappa shape index (κ3) is 6.62. The summed E-state index contributed by atoms with van der Waals surface area (Å²) in [4.78, 5) is 6.90. The molecule has 0 aromatic carbocycles. The van der Waals surface area contributed by atoms with Gasteiger partial charge in [-0.05, 0) is 49.1 Å². The molecule has 1 aromatic rings. The van der Waals surface area contributed by atoms with Crippen molar-refractivity contribution >= 4 is 46.3 Å². The molecule has 25 heavy (non-hydrogen) atoms. The number of thiophene rings is 1. The second kappa shape index (κ2) is 11.3. The molecule has 2 fully saturated rings. The van der Waals surface area contributed by atoms with Crippen molar-refractivity contribution < 1.29 is 0 Å². The van der Waals surface area contributed by atoms with Gasteiger partial charge in [-0.1, -0.05) is 25.7 Å². The van der Waals surface area contributed by atoms with Crippen molar-refractivity contribution in [3.8, 4) is 0 Å². The van der Waals surface area contributed by atoms with Crippen molar-refractivity contribution in [2.45, 2.75) is 57.4 Å². The van der Waals surface area contributed by atoms with Crippen LogP contribution in [-0.2, 0) is 0 Å². The zero-order chi connectivity index (χ0) is 16.6. The first-order valence-corrected chi connectivity index (χ1v) is 10.5. The van der Waals surface area contributed by atoms with Crippen LogP contribution < -0.4 is 15.5 Å². The van der Waals surface area contributed by atoms with Gasteiger partial charge >= 0.3 is 0 Å². The van der Waals surface area contributed by atoms with Crippen molar-refractivity contribution in [2.24, 2.45) is 10.9 Å². The van der Waals surface area contributed by atoms with Gasteiger partial charge in [-0.15, -0.1) is 35.3 Å². The summed E-state index contributed by atoms with van der Waals surface area (Å²) >= 11 is 1.84. The standard InChI is InChI=1S/C19H32N4S.HI/c1-20-19(21-12-4-8-16-6-2-3-7-16)22-17-10-13-23(14-11-17)18-9-5-15-24-18;/h5,9,15-17H,2-4,6-8,10-14H2,1H3,(H2,20,21,22);1H. The number of halogens is 1. The van der Waals surface area contributed by atoms with Crippen molar-refractivity contribution in [2.75, 3.05) is 31.6 Å². The van der Waals surface area contributed by atoms with E-state index in [0.29, 0.717) is 6.04 Å². The van der Waals surface area contributed by atoms with Crippen LogP contribution in [0.2, 0.25) is 0 Å². The molecule has 1 aliphatic carbocycles. The number of hydrogen-bond acceptors (Lipinski definition) is 3. The molecule has 0 bridgehead atoms. The van der Waals surface area contributed by atoms with Gasteiger partial charge in [0.05, 0.1) is 5.00 Å². The first kappa shape index (κ1) is 20.8. The summed E-state index contributed by atoms with van der Waals surface area (Å²) in [5.74, 6) is 1.97. The van der Waals surface area contributed by atoms with Crippen LogP contribution in [-0.4, -0.2) is 38.7 Å². The first-order valence-electron chi connectivity index (χ1n) is 9.61. The topological polar surface area (TPSA) is 39.7 Å². The van der Waals surface area contributed by atoms with E-state index in [0.717, 1.165) is 31.5 Å². The molecule has 0 amide bonds. The molecule has 6 heteroatoms. The Morgan fingerprint density at radius 1 is 1.24 bits per heavy atom. The van der Waals surface area contributed by atoms with E-state index >= 15 is 0 Å². The summed E-state index contributed by atoms with van der Waals surface area (Å²) in [6, 6.07) is 4.91. The average molecular weight is 476 g/mol. The largest absolute Gasteiger partial charge is 0.363 e. The highest BCUT2D eigenvalue weighted by molar-refractivity contribution is 14.0. The maximum atomic E-state index is 4.40. The van der Waals surface area contributed by atoms with E-state index in [1.165, 1.54) is 56.4 Å². The molecule has 2 N–H and O–H groups in total. The van der Waals surface area contributed by atoms with Crippen LogP contribution in [0, 0.1) is 5.92 Å². The molecule has 0 atom stereocenters. The molecule has 4 nitrogen and oxygen atoms in total. The Hall–Kier alpha value is -0.500. The number of hydrogen-bond donors (Lipinski definition) is 2. The fraction of sp³-hybridized carbons (Fsp3) is 0.737. The zero-order valence-electron chi connectivity index (χ0n) is 15.4.